The predicted octanol–water partition coefficient (Wildman–Crippen LogP) is 1.07. The van der Waals surface area contributed by atoms with Crippen molar-refractivity contribution in [3.8, 4) is 0 Å². The molecule has 9 heteroatoms. The van der Waals surface area contributed by atoms with Crippen molar-refractivity contribution < 1.29 is 14.0 Å². The summed E-state index contributed by atoms with van der Waals surface area (Å²) in [5.74, 6) is -0.370. The largest absolute Gasteiger partial charge is 0.366 e. The summed E-state index contributed by atoms with van der Waals surface area (Å²) in [6.45, 7) is 7.25. The lowest BCUT2D eigenvalue weighted by molar-refractivity contribution is -0.132. The molecule has 0 bridgehead atoms. The first-order valence-corrected chi connectivity index (χ1v) is 10.7. The normalized spacial score (nSPS) is 17.8. The summed E-state index contributed by atoms with van der Waals surface area (Å²) in [6, 6.07) is 8.46. The quantitative estimate of drug-likeness (QED) is 0.729. The molecule has 1 aromatic heterocycles. The molecule has 166 valence electrons. The highest BCUT2D eigenvalue weighted by Gasteiger charge is 2.26. The molecule has 0 N–H and O–H groups in total. The van der Waals surface area contributed by atoms with Crippen LogP contribution < -0.4 is 4.90 Å². The number of rotatable bonds is 4. The fourth-order valence-electron chi connectivity index (χ4n) is 4.08. The minimum absolute atomic E-state index is 0.0435. The number of aryl methyl sites for hydroxylation is 1. The van der Waals surface area contributed by atoms with Gasteiger partial charge < -0.3 is 19.6 Å². The SMILES string of the molecule is Cc1cc(C(=O)N2CCN(C)CC2)nn1CC(=O)N1CCN(c2ccccc2F)CC1. The van der Waals surface area contributed by atoms with Gasteiger partial charge in [-0.05, 0) is 32.2 Å². The maximum absolute atomic E-state index is 14.0. The van der Waals surface area contributed by atoms with Gasteiger partial charge in [0.25, 0.3) is 5.91 Å². The van der Waals surface area contributed by atoms with E-state index in [1.165, 1.54) is 6.07 Å². The van der Waals surface area contributed by atoms with Crippen molar-refractivity contribution in [3.05, 3.63) is 47.5 Å². The van der Waals surface area contributed by atoms with Gasteiger partial charge in [-0.1, -0.05) is 12.1 Å². The van der Waals surface area contributed by atoms with Gasteiger partial charge in [0.1, 0.15) is 12.4 Å². The van der Waals surface area contributed by atoms with Crippen molar-refractivity contribution in [1.29, 1.82) is 0 Å². The molecule has 2 amide bonds. The minimum atomic E-state index is -0.244. The number of likely N-dealkylation sites (N-methyl/N-ethyl adjacent to an activating group) is 1. The molecule has 1 aromatic carbocycles. The van der Waals surface area contributed by atoms with Gasteiger partial charge in [-0.3, -0.25) is 14.3 Å². The fraction of sp³-hybridized carbons (Fsp3) is 0.500. The summed E-state index contributed by atoms with van der Waals surface area (Å²) in [5, 5.41) is 4.42. The fourth-order valence-corrected chi connectivity index (χ4v) is 4.08. The van der Waals surface area contributed by atoms with E-state index in [-0.39, 0.29) is 24.2 Å². The van der Waals surface area contributed by atoms with Crippen LogP contribution in [0.25, 0.3) is 0 Å². The first-order valence-electron chi connectivity index (χ1n) is 10.7. The maximum atomic E-state index is 14.0. The van der Waals surface area contributed by atoms with Crippen LogP contribution >= 0.6 is 0 Å². The molecule has 2 fully saturated rings. The van der Waals surface area contributed by atoms with Crippen molar-refractivity contribution in [3.63, 3.8) is 0 Å². The smallest absolute Gasteiger partial charge is 0.274 e. The number of carbonyl (C=O) groups is 2. The molecule has 2 saturated heterocycles. The third-order valence-corrected chi connectivity index (χ3v) is 6.10. The number of para-hydroxylation sites is 1. The van der Waals surface area contributed by atoms with Gasteiger partial charge >= 0.3 is 0 Å². The number of carbonyl (C=O) groups excluding carboxylic acids is 2. The maximum Gasteiger partial charge on any atom is 0.274 e. The third-order valence-electron chi connectivity index (χ3n) is 6.10. The van der Waals surface area contributed by atoms with Crippen LogP contribution in [0.15, 0.2) is 30.3 Å². The number of nitrogens with zero attached hydrogens (tertiary/aromatic N) is 6. The molecule has 31 heavy (non-hydrogen) atoms. The van der Waals surface area contributed by atoms with Gasteiger partial charge in [0, 0.05) is 58.1 Å². The number of halogens is 1. The molecule has 4 rings (SSSR count). The Morgan fingerprint density at radius 2 is 1.61 bits per heavy atom. The van der Waals surface area contributed by atoms with Crippen molar-refractivity contribution >= 4 is 17.5 Å². The van der Waals surface area contributed by atoms with Crippen LogP contribution in [0.5, 0.6) is 0 Å². The van der Waals surface area contributed by atoms with Gasteiger partial charge in [-0.15, -0.1) is 0 Å². The van der Waals surface area contributed by atoms with Gasteiger partial charge in [0.2, 0.25) is 5.91 Å². The summed E-state index contributed by atoms with van der Waals surface area (Å²) >= 11 is 0. The predicted molar refractivity (Wildman–Crippen MR) is 116 cm³/mol. The van der Waals surface area contributed by atoms with E-state index < -0.39 is 0 Å². The molecular formula is C22H29FN6O2. The zero-order valence-electron chi connectivity index (χ0n) is 18.1. The molecule has 8 nitrogen and oxygen atoms in total. The van der Waals surface area contributed by atoms with Gasteiger partial charge in [-0.25, -0.2) is 4.39 Å². The van der Waals surface area contributed by atoms with Crippen LogP contribution in [0.3, 0.4) is 0 Å². The van der Waals surface area contributed by atoms with Crippen LogP contribution in [0, 0.1) is 12.7 Å². The zero-order chi connectivity index (χ0) is 22.0. The molecule has 0 unspecified atom stereocenters. The second-order valence-electron chi connectivity index (χ2n) is 8.24. The second-order valence-corrected chi connectivity index (χ2v) is 8.24. The third kappa shape index (κ3) is 4.71. The summed E-state index contributed by atoms with van der Waals surface area (Å²) in [6.07, 6.45) is 0. The number of hydrogen-bond acceptors (Lipinski definition) is 5. The highest BCUT2D eigenvalue weighted by molar-refractivity contribution is 5.92. The van der Waals surface area contributed by atoms with E-state index in [1.54, 1.807) is 27.8 Å². The molecule has 0 atom stereocenters. The molecule has 0 saturated carbocycles. The summed E-state index contributed by atoms with van der Waals surface area (Å²) in [4.78, 5) is 33.3. The highest BCUT2D eigenvalue weighted by atomic mass is 19.1. The number of benzene rings is 1. The topological polar surface area (TPSA) is 64.9 Å². The van der Waals surface area contributed by atoms with E-state index >= 15 is 0 Å². The van der Waals surface area contributed by atoms with Crippen LogP contribution in [-0.4, -0.2) is 95.7 Å². The number of piperazine rings is 2. The van der Waals surface area contributed by atoms with Crippen molar-refractivity contribution in [2.24, 2.45) is 0 Å². The Morgan fingerprint density at radius 1 is 0.968 bits per heavy atom. The summed E-state index contributed by atoms with van der Waals surface area (Å²) in [7, 11) is 2.04. The number of aromatic nitrogens is 2. The van der Waals surface area contributed by atoms with Crippen molar-refractivity contribution in [2.45, 2.75) is 13.5 Å². The van der Waals surface area contributed by atoms with Crippen LogP contribution in [-0.2, 0) is 11.3 Å². The van der Waals surface area contributed by atoms with E-state index in [4.69, 9.17) is 0 Å². The Morgan fingerprint density at radius 3 is 2.29 bits per heavy atom. The molecule has 0 spiro atoms. The number of hydrogen-bond donors (Lipinski definition) is 0. The monoisotopic (exact) mass is 428 g/mol. The van der Waals surface area contributed by atoms with E-state index in [2.05, 4.69) is 10.00 Å². The molecule has 3 heterocycles. The molecule has 2 aliphatic heterocycles. The lowest BCUT2D eigenvalue weighted by Gasteiger charge is -2.36. The van der Waals surface area contributed by atoms with Gasteiger partial charge in [-0.2, -0.15) is 5.10 Å². The average molecular weight is 429 g/mol. The molecule has 2 aliphatic rings. The van der Waals surface area contributed by atoms with Gasteiger partial charge in [0.15, 0.2) is 5.69 Å². The standard InChI is InChI=1S/C22H29FN6O2/c1-17-15-19(22(31)28-9-7-25(2)8-10-28)24-29(17)16-21(30)27-13-11-26(12-14-27)20-6-4-3-5-18(20)23/h3-6,15H,7-14,16H2,1-2H3. The molecule has 2 aromatic rings. The lowest BCUT2D eigenvalue weighted by Crippen LogP contribution is -2.50. The Bertz CT molecular complexity index is 945. The number of amides is 2. The Kier molecular flexibility index (Phi) is 6.22. The highest BCUT2D eigenvalue weighted by Crippen LogP contribution is 2.20. The van der Waals surface area contributed by atoms with Crippen LogP contribution in [0.4, 0.5) is 10.1 Å². The Hall–Kier alpha value is -2.94. The molecule has 0 radical (unpaired) electrons. The van der Waals surface area contributed by atoms with Crippen molar-refractivity contribution in [2.75, 3.05) is 64.3 Å². The summed E-state index contributed by atoms with van der Waals surface area (Å²) in [5.41, 5.74) is 1.75. The van der Waals surface area contributed by atoms with Crippen molar-refractivity contribution in [1.82, 2.24) is 24.5 Å². The zero-order valence-corrected chi connectivity index (χ0v) is 18.1. The van der Waals surface area contributed by atoms with Crippen LogP contribution in [0.2, 0.25) is 0 Å². The Balaban J connectivity index is 1.34. The summed E-state index contributed by atoms with van der Waals surface area (Å²) < 4.78 is 15.6. The van der Waals surface area contributed by atoms with Gasteiger partial charge in [0.05, 0.1) is 5.69 Å². The first-order chi connectivity index (χ1) is 14.9. The second kappa shape index (κ2) is 9.05. The first kappa shape index (κ1) is 21.3. The average Bonchev–Trinajstić information content (AvgIpc) is 3.14. The van der Waals surface area contributed by atoms with E-state index in [1.807, 2.05) is 29.8 Å². The molecular weight excluding hydrogens is 399 g/mol. The Labute approximate surface area is 181 Å². The van der Waals surface area contributed by atoms with E-state index in [9.17, 15) is 14.0 Å². The van der Waals surface area contributed by atoms with E-state index in [0.717, 1.165) is 18.8 Å². The minimum Gasteiger partial charge on any atom is -0.366 e. The molecule has 0 aliphatic carbocycles. The van der Waals surface area contributed by atoms with Crippen LogP contribution in [0.1, 0.15) is 16.2 Å². The number of anilines is 1. The lowest BCUT2D eigenvalue weighted by atomic mass is 10.2. The van der Waals surface area contributed by atoms with E-state index in [0.29, 0.717) is 50.6 Å².